The van der Waals surface area contributed by atoms with Crippen molar-refractivity contribution in [3.05, 3.63) is 108 Å². The Morgan fingerprint density at radius 3 is 1.61 bits per heavy atom. The highest BCUT2D eigenvalue weighted by molar-refractivity contribution is 5.75. The first-order chi connectivity index (χ1) is 13.6. The van der Waals surface area contributed by atoms with E-state index in [4.69, 9.17) is 0 Å². The van der Waals surface area contributed by atoms with Crippen molar-refractivity contribution in [1.29, 1.82) is 0 Å². The molecule has 0 spiro atoms. The largest absolute Gasteiger partial charge is 0.336 e. The minimum absolute atomic E-state index is 0.110. The second-order valence-electron chi connectivity index (χ2n) is 7.00. The normalized spacial score (nSPS) is 12.0. The maximum Gasteiger partial charge on any atom is 0.315 e. The molecule has 2 amide bonds. The van der Waals surface area contributed by atoms with Crippen LogP contribution in [0.3, 0.4) is 0 Å². The van der Waals surface area contributed by atoms with Crippen LogP contribution in [-0.2, 0) is 0 Å². The molecule has 0 aliphatic heterocycles. The van der Waals surface area contributed by atoms with Gasteiger partial charge in [0.05, 0.1) is 12.1 Å². The predicted octanol–water partition coefficient (Wildman–Crippen LogP) is 4.38. The van der Waals surface area contributed by atoms with Crippen molar-refractivity contribution in [2.24, 2.45) is 0 Å². The molecule has 0 fully saturated rings. The molecule has 0 saturated heterocycles. The Morgan fingerprint density at radius 1 is 0.750 bits per heavy atom. The highest BCUT2D eigenvalue weighted by Crippen LogP contribution is 2.22. The van der Waals surface area contributed by atoms with Gasteiger partial charge in [0.15, 0.2) is 0 Å². The zero-order valence-electron chi connectivity index (χ0n) is 16.4. The van der Waals surface area contributed by atoms with Gasteiger partial charge in [0, 0.05) is 6.54 Å². The maximum atomic E-state index is 12.7. The number of hydrogen-bond acceptors (Lipinski definition) is 2. The number of likely N-dealkylation sites (N-methyl/N-ethyl adjacent to an activating group) is 1. The number of nitrogens with one attached hydrogen (secondary N) is 2. The van der Waals surface area contributed by atoms with Crippen LogP contribution >= 0.6 is 0 Å². The van der Waals surface area contributed by atoms with Crippen molar-refractivity contribution < 1.29 is 4.79 Å². The Hall–Kier alpha value is -3.11. The highest BCUT2D eigenvalue weighted by Gasteiger charge is 2.19. The van der Waals surface area contributed by atoms with Crippen LogP contribution in [0.25, 0.3) is 0 Å². The van der Waals surface area contributed by atoms with Crippen LogP contribution in [-0.4, -0.2) is 31.6 Å². The van der Waals surface area contributed by atoms with Gasteiger partial charge in [-0.1, -0.05) is 91.0 Å². The van der Waals surface area contributed by atoms with Gasteiger partial charge in [-0.25, -0.2) is 4.79 Å². The lowest BCUT2D eigenvalue weighted by Gasteiger charge is -2.26. The van der Waals surface area contributed by atoms with E-state index in [0.29, 0.717) is 6.54 Å². The number of hydrogen-bond donors (Lipinski definition) is 2. The summed E-state index contributed by atoms with van der Waals surface area (Å²) in [5.41, 5.74) is 3.28. The Kier molecular flexibility index (Phi) is 6.82. The van der Waals surface area contributed by atoms with Gasteiger partial charge in [-0.2, -0.15) is 0 Å². The Balaban J connectivity index is 1.70. The van der Waals surface area contributed by atoms with Gasteiger partial charge in [0.1, 0.15) is 0 Å². The van der Waals surface area contributed by atoms with Crippen LogP contribution in [0.4, 0.5) is 4.79 Å². The van der Waals surface area contributed by atoms with Gasteiger partial charge in [-0.15, -0.1) is 0 Å². The third kappa shape index (κ3) is 5.21. The first-order valence-corrected chi connectivity index (χ1v) is 9.51. The summed E-state index contributed by atoms with van der Waals surface area (Å²) in [7, 11) is 4.04. The molecule has 0 bridgehead atoms. The van der Waals surface area contributed by atoms with E-state index < -0.39 is 0 Å². The van der Waals surface area contributed by atoms with E-state index in [1.807, 2.05) is 93.0 Å². The van der Waals surface area contributed by atoms with E-state index in [-0.39, 0.29) is 18.1 Å². The molecule has 0 unspecified atom stereocenters. The summed E-state index contributed by atoms with van der Waals surface area (Å²) in [6.07, 6.45) is 0. The van der Waals surface area contributed by atoms with Crippen LogP contribution in [0.2, 0.25) is 0 Å². The summed E-state index contributed by atoms with van der Waals surface area (Å²) in [5.74, 6) is 0. The smallest absolute Gasteiger partial charge is 0.315 e. The number of carbonyl (C=O) groups is 1. The number of amides is 2. The summed E-state index contributed by atoms with van der Waals surface area (Å²) >= 11 is 0. The van der Waals surface area contributed by atoms with Crippen LogP contribution in [0.5, 0.6) is 0 Å². The zero-order valence-corrected chi connectivity index (χ0v) is 16.4. The van der Waals surface area contributed by atoms with Crippen LogP contribution in [0, 0.1) is 0 Å². The molecule has 4 heteroatoms. The van der Waals surface area contributed by atoms with Crippen molar-refractivity contribution in [2.75, 3.05) is 20.6 Å². The van der Waals surface area contributed by atoms with Crippen LogP contribution < -0.4 is 10.6 Å². The lowest BCUT2D eigenvalue weighted by atomic mass is 9.99. The second-order valence-corrected chi connectivity index (χ2v) is 7.00. The van der Waals surface area contributed by atoms with Gasteiger partial charge in [0.25, 0.3) is 0 Å². The molecule has 28 heavy (non-hydrogen) atoms. The van der Waals surface area contributed by atoms with Crippen molar-refractivity contribution in [2.45, 2.75) is 12.1 Å². The summed E-state index contributed by atoms with van der Waals surface area (Å²) in [6.45, 7) is 0.527. The molecule has 3 aromatic carbocycles. The average Bonchev–Trinajstić information content (AvgIpc) is 2.74. The molecular formula is C24H27N3O. The quantitative estimate of drug-likeness (QED) is 0.646. The molecule has 0 aliphatic rings. The fraction of sp³-hybridized carbons (Fsp3) is 0.208. The number of rotatable bonds is 7. The van der Waals surface area contributed by atoms with E-state index in [1.165, 1.54) is 5.56 Å². The van der Waals surface area contributed by atoms with Gasteiger partial charge < -0.3 is 15.5 Å². The van der Waals surface area contributed by atoms with Crippen molar-refractivity contribution in [3.63, 3.8) is 0 Å². The summed E-state index contributed by atoms with van der Waals surface area (Å²) < 4.78 is 0. The topological polar surface area (TPSA) is 44.4 Å². The van der Waals surface area contributed by atoms with E-state index in [1.54, 1.807) is 0 Å². The molecular weight excluding hydrogens is 346 g/mol. The monoisotopic (exact) mass is 373 g/mol. The number of nitrogens with zero attached hydrogens (tertiary/aromatic N) is 1. The molecule has 144 valence electrons. The third-order valence-corrected chi connectivity index (χ3v) is 4.80. The Bertz CT molecular complexity index is 811. The van der Waals surface area contributed by atoms with Gasteiger partial charge in [-0.05, 0) is 30.8 Å². The maximum absolute atomic E-state index is 12.7. The van der Waals surface area contributed by atoms with Gasteiger partial charge >= 0.3 is 6.03 Å². The fourth-order valence-electron chi connectivity index (χ4n) is 3.30. The van der Waals surface area contributed by atoms with Crippen LogP contribution in [0.15, 0.2) is 91.0 Å². The fourth-order valence-corrected chi connectivity index (χ4v) is 3.30. The molecule has 0 saturated carbocycles. The first-order valence-electron chi connectivity index (χ1n) is 9.51. The second kappa shape index (κ2) is 9.72. The van der Waals surface area contributed by atoms with E-state index in [9.17, 15) is 4.79 Å². The summed E-state index contributed by atoms with van der Waals surface area (Å²) in [6, 6.07) is 30.0. The SMILES string of the molecule is CN(C)[C@@H](CNC(=O)NC(c1ccccc1)c1ccccc1)c1ccccc1. The lowest BCUT2D eigenvalue weighted by Crippen LogP contribution is -2.42. The number of benzene rings is 3. The number of carbonyl (C=O) groups excluding carboxylic acids is 1. The van der Waals surface area contributed by atoms with E-state index in [2.05, 4.69) is 27.7 Å². The zero-order chi connectivity index (χ0) is 19.8. The molecule has 0 aliphatic carbocycles. The van der Waals surface area contributed by atoms with Crippen LogP contribution in [0.1, 0.15) is 28.8 Å². The minimum Gasteiger partial charge on any atom is -0.336 e. The molecule has 0 radical (unpaired) electrons. The molecule has 0 heterocycles. The van der Waals surface area contributed by atoms with Gasteiger partial charge in [-0.3, -0.25) is 0 Å². The summed E-state index contributed by atoms with van der Waals surface area (Å²) in [4.78, 5) is 14.8. The highest BCUT2D eigenvalue weighted by atomic mass is 16.2. The lowest BCUT2D eigenvalue weighted by molar-refractivity contribution is 0.230. The van der Waals surface area contributed by atoms with Crippen molar-refractivity contribution >= 4 is 6.03 Å². The predicted molar refractivity (Wildman–Crippen MR) is 114 cm³/mol. The van der Waals surface area contributed by atoms with Crippen molar-refractivity contribution in [3.8, 4) is 0 Å². The van der Waals surface area contributed by atoms with E-state index >= 15 is 0 Å². The summed E-state index contributed by atoms with van der Waals surface area (Å²) in [5, 5.41) is 6.17. The first kappa shape index (κ1) is 19.6. The molecule has 2 N–H and O–H groups in total. The Labute approximate surface area is 167 Å². The number of urea groups is 1. The van der Waals surface area contributed by atoms with Gasteiger partial charge in [0.2, 0.25) is 0 Å². The third-order valence-electron chi connectivity index (χ3n) is 4.80. The van der Waals surface area contributed by atoms with E-state index in [0.717, 1.165) is 11.1 Å². The van der Waals surface area contributed by atoms with Crippen molar-refractivity contribution in [1.82, 2.24) is 15.5 Å². The molecule has 4 nitrogen and oxygen atoms in total. The molecule has 1 atom stereocenters. The molecule has 3 aromatic rings. The Morgan fingerprint density at radius 2 is 1.18 bits per heavy atom. The standard InChI is InChI=1S/C24H27N3O/c1-27(2)22(19-12-6-3-7-13-19)18-25-24(28)26-23(20-14-8-4-9-15-20)21-16-10-5-11-17-21/h3-17,22-23H,18H2,1-2H3,(H2,25,26,28)/t22-/m0/s1. The molecule has 0 aromatic heterocycles. The minimum atomic E-state index is -0.197. The molecule has 3 rings (SSSR count). The average molecular weight is 374 g/mol.